The maximum atomic E-state index is 12.8. The Bertz CT molecular complexity index is 811. The Balaban J connectivity index is 1.47. The van der Waals surface area contributed by atoms with Gasteiger partial charge >= 0.3 is 0 Å². The number of rotatable bonds is 6. The van der Waals surface area contributed by atoms with Crippen molar-refractivity contribution in [1.82, 2.24) is 15.2 Å². The van der Waals surface area contributed by atoms with E-state index in [2.05, 4.69) is 26.2 Å². The number of halogens is 1. The fourth-order valence-electron chi connectivity index (χ4n) is 2.66. The normalized spacial score (nSPS) is 16.5. The molecule has 1 aromatic carbocycles. The zero-order valence-corrected chi connectivity index (χ0v) is 15.2. The average Bonchev–Trinajstić information content (AvgIpc) is 3.53. The van der Waals surface area contributed by atoms with Crippen molar-refractivity contribution in [1.29, 1.82) is 0 Å². The summed E-state index contributed by atoms with van der Waals surface area (Å²) in [5, 5.41) is 2.88. The van der Waals surface area contributed by atoms with Gasteiger partial charge in [0.1, 0.15) is 6.26 Å². The molecule has 0 saturated heterocycles. The van der Waals surface area contributed by atoms with Crippen molar-refractivity contribution in [2.45, 2.75) is 44.3 Å². The number of benzene rings is 1. The topological polar surface area (TPSA) is 75.4 Å². The lowest BCUT2D eigenvalue weighted by Crippen LogP contribution is -2.32. The minimum Gasteiger partial charge on any atom is -0.446 e. The Morgan fingerprint density at radius 3 is 2.76 bits per heavy atom. The first-order valence-corrected chi connectivity index (χ1v) is 9.21. The molecule has 2 fully saturated rings. The monoisotopic (exact) mass is 403 g/mol. The number of hydrogen-bond acceptors (Lipinski definition) is 4. The Morgan fingerprint density at radius 2 is 2.08 bits per heavy atom. The molecule has 2 amide bonds. The molecule has 2 aliphatic rings. The predicted molar refractivity (Wildman–Crippen MR) is 94.0 cm³/mol. The standard InChI is InChI=1S/C18H18BrN3O3/c19-12-3-1-2-11(8-12)18(24)22(14-6-7-14)9-16-21-15(10-25-16)17(23)20-13-4-5-13/h1-3,8,10,13-14H,4-7,9H2,(H,20,23). The summed E-state index contributed by atoms with van der Waals surface area (Å²) in [6.45, 7) is 0.271. The highest BCUT2D eigenvalue weighted by atomic mass is 79.9. The fourth-order valence-corrected chi connectivity index (χ4v) is 3.06. The lowest BCUT2D eigenvalue weighted by atomic mass is 10.2. The van der Waals surface area contributed by atoms with Crippen LogP contribution in [0.2, 0.25) is 0 Å². The van der Waals surface area contributed by atoms with Crippen LogP contribution >= 0.6 is 15.9 Å². The third-order valence-electron chi connectivity index (χ3n) is 4.32. The molecule has 2 saturated carbocycles. The van der Waals surface area contributed by atoms with Crippen LogP contribution in [0.25, 0.3) is 0 Å². The van der Waals surface area contributed by atoms with Gasteiger partial charge in [0.25, 0.3) is 11.8 Å². The van der Waals surface area contributed by atoms with Crippen LogP contribution in [-0.2, 0) is 6.54 Å². The van der Waals surface area contributed by atoms with E-state index in [1.54, 1.807) is 11.0 Å². The second kappa shape index (κ2) is 6.63. The van der Waals surface area contributed by atoms with Gasteiger partial charge < -0.3 is 14.6 Å². The fraction of sp³-hybridized carbons (Fsp3) is 0.389. The molecule has 7 heteroatoms. The number of oxazole rings is 1. The summed E-state index contributed by atoms with van der Waals surface area (Å²) in [5.74, 6) is 0.121. The van der Waals surface area contributed by atoms with E-state index in [4.69, 9.17) is 4.42 Å². The smallest absolute Gasteiger partial charge is 0.273 e. The Morgan fingerprint density at radius 1 is 1.28 bits per heavy atom. The number of nitrogens with zero attached hydrogens (tertiary/aromatic N) is 2. The molecule has 0 radical (unpaired) electrons. The quantitative estimate of drug-likeness (QED) is 0.803. The third-order valence-corrected chi connectivity index (χ3v) is 4.82. The summed E-state index contributed by atoms with van der Waals surface area (Å²) in [6, 6.07) is 7.81. The first kappa shape index (κ1) is 16.3. The van der Waals surface area contributed by atoms with Gasteiger partial charge in [0.15, 0.2) is 5.69 Å². The molecule has 130 valence electrons. The zero-order valence-electron chi connectivity index (χ0n) is 13.6. The second-order valence-corrected chi connectivity index (χ2v) is 7.46. The van der Waals surface area contributed by atoms with Gasteiger partial charge in [-0.25, -0.2) is 4.98 Å². The van der Waals surface area contributed by atoms with Gasteiger partial charge in [-0.3, -0.25) is 9.59 Å². The molecule has 1 N–H and O–H groups in total. The van der Waals surface area contributed by atoms with Crippen LogP contribution in [0, 0.1) is 0 Å². The van der Waals surface area contributed by atoms with E-state index in [0.29, 0.717) is 11.5 Å². The molecule has 0 spiro atoms. The van der Waals surface area contributed by atoms with E-state index >= 15 is 0 Å². The summed E-state index contributed by atoms with van der Waals surface area (Å²) < 4.78 is 6.30. The van der Waals surface area contributed by atoms with Crippen LogP contribution < -0.4 is 5.32 Å². The second-order valence-electron chi connectivity index (χ2n) is 6.55. The first-order chi connectivity index (χ1) is 12.1. The van der Waals surface area contributed by atoms with E-state index in [1.807, 2.05) is 18.2 Å². The van der Waals surface area contributed by atoms with E-state index < -0.39 is 0 Å². The average molecular weight is 404 g/mol. The highest BCUT2D eigenvalue weighted by molar-refractivity contribution is 9.10. The maximum Gasteiger partial charge on any atom is 0.273 e. The van der Waals surface area contributed by atoms with Crippen molar-refractivity contribution < 1.29 is 14.0 Å². The van der Waals surface area contributed by atoms with Gasteiger partial charge in [-0.05, 0) is 43.9 Å². The first-order valence-electron chi connectivity index (χ1n) is 8.42. The highest BCUT2D eigenvalue weighted by Crippen LogP contribution is 2.30. The maximum absolute atomic E-state index is 12.8. The largest absolute Gasteiger partial charge is 0.446 e. The molecule has 0 aliphatic heterocycles. The summed E-state index contributed by atoms with van der Waals surface area (Å²) in [5.41, 5.74) is 0.895. The number of nitrogens with one attached hydrogen (secondary N) is 1. The van der Waals surface area contributed by atoms with Crippen molar-refractivity contribution in [2.75, 3.05) is 0 Å². The molecule has 4 rings (SSSR count). The van der Waals surface area contributed by atoms with Crippen LogP contribution in [0.5, 0.6) is 0 Å². The SMILES string of the molecule is O=C(NC1CC1)c1coc(CN(C(=O)c2cccc(Br)c2)C2CC2)n1. The summed E-state index contributed by atoms with van der Waals surface area (Å²) in [4.78, 5) is 30.9. The van der Waals surface area contributed by atoms with E-state index in [-0.39, 0.29) is 36.1 Å². The molecule has 0 unspecified atom stereocenters. The minimum absolute atomic E-state index is 0.0500. The lowest BCUT2D eigenvalue weighted by molar-refractivity contribution is 0.0714. The number of carbonyl (C=O) groups is 2. The summed E-state index contributed by atoms with van der Waals surface area (Å²) in [6.07, 6.45) is 5.37. The Hall–Kier alpha value is -2.15. The number of amides is 2. The molecule has 0 atom stereocenters. The van der Waals surface area contributed by atoms with Gasteiger partial charge in [0, 0.05) is 22.1 Å². The van der Waals surface area contributed by atoms with Crippen LogP contribution in [0.3, 0.4) is 0 Å². The van der Waals surface area contributed by atoms with Gasteiger partial charge in [-0.15, -0.1) is 0 Å². The molecule has 25 heavy (non-hydrogen) atoms. The molecule has 2 aromatic rings. The Kier molecular flexibility index (Phi) is 4.33. The molecule has 2 aliphatic carbocycles. The van der Waals surface area contributed by atoms with Crippen molar-refractivity contribution in [2.24, 2.45) is 0 Å². The van der Waals surface area contributed by atoms with Crippen molar-refractivity contribution >= 4 is 27.7 Å². The van der Waals surface area contributed by atoms with Gasteiger partial charge in [0.2, 0.25) is 5.89 Å². The van der Waals surface area contributed by atoms with Crippen LogP contribution in [0.15, 0.2) is 39.4 Å². The van der Waals surface area contributed by atoms with Crippen LogP contribution in [-0.4, -0.2) is 33.8 Å². The van der Waals surface area contributed by atoms with Crippen molar-refractivity contribution in [3.63, 3.8) is 0 Å². The summed E-state index contributed by atoms with van der Waals surface area (Å²) in [7, 11) is 0. The molecule has 1 heterocycles. The zero-order chi connectivity index (χ0) is 17.4. The summed E-state index contributed by atoms with van der Waals surface area (Å²) >= 11 is 3.40. The third kappa shape index (κ3) is 3.92. The predicted octanol–water partition coefficient (Wildman–Crippen LogP) is 3.13. The molecular weight excluding hydrogens is 386 g/mol. The molecular formula is C18H18BrN3O3. The van der Waals surface area contributed by atoms with Crippen molar-refractivity contribution in [3.05, 3.63) is 52.1 Å². The highest BCUT2D eigenvalue weighted by Gasteiger charge is 2.34. The number of aromatic nitrogens is 1. The number of hydrogen-bond donors (Lipinski definition) is 1. The van der Waals surface area contributed by atoms with Gasteiger partial charge in [-0.1, -0.05) is 22.0 Å². The van der Waals surface area contributed by atoms with Crippen molar-refractivity contribution in [3.8, 4) is 0 Å². The molecule has 0 bridgehead atoms. The van der Waals surface area contributed by atoms with Gasteiger partial charge in [-0.2, -0.15) is 0 Å². The lowest BCUT2D eigenvalue weighted by Gasteiger charge is -2.20. The van der Waals surface area contributed by atoms with Crippen LogP contribution in [0.4, 0.5) is 0 Å². The Labute approximate surface area is 153 Å². The minimum atomic E-state index is -0.214. The van der Waals surface area contributed by atoms with E-state index in [9.17, 15) is 9.59 Å². The van der Waals surface area contributed by atoms with Crippen LogP contribution in [0.1, 0.15) is 52.4 Å². The van der Waals surface area contributed by atoms with Gasteiger partial charge in [0.05, 0.1) is 6.54 Å². The van der Waals surface area contributed by atoms with E-state index in [0.717, 1.165) is 30.2 Å². The van der Waals surface area contributed by atoms with E-state index in [1.165, 1.54) is 6.26 Å². The number of carbonyl (C=O) groups excluding carboxylic acids is 2. The molecule has 6 nitrogen and oxygen atoms in total. The molecule has 1 aromatic heterocycles.